The van der Waals surface area contributed by atoms with Gasteiger partial charge in [-0.15, -0.1) is 0 Å². The Labute approximate surface area is 108 Å². The zero-order valence-electron chi connectivity index (χ0n) is 9.54. The minimum Gasteiger partial charge on any atom is -0.480 e. The Balaban J connectivity index is 2.52. The summed E-state index contributed by atoms with van der Waals surface area (Å²) in [4.78, 5) is 22.0. The van der Waals surface area contributed by atoms with Crippen LogP contribution < -0.4 is 10.6 Å². The van der Waals surface area contributed by atoms with Crippen LogP contribution in [-0.2, 0) is 9.59 Å². The van der Waals surface area contributed by atoms with E-state index >= 15 is 0 Å². The van der Waals surface area contributed by atoms with Crippen molar-refractivity contribution in [2.24, 2.45) is 0 Å². The molecular weight excluding hydrogens is 263 g/mol. The van der Waals surface area contributed by atoms with Crippen LogP contribution in [0.3, 0.4) is 0 Å². The quantitative estimate of drug-likeness (QED) is 0.760. The number of carbonyl (C=O) groups is 2. The van der Waals surface area contributed by atoms with Gasteiger partial charge in [-0.1, -0.05) is 11.6 Å². The fourth-order valence-electron chi connectivity index (χ4n) is 1.12. The minimum absolute atomic E-state index is 0.0784. The molecule has 0 aliphatic heterocycles. The predicted octanol–water partition coefficient (Wildman–Crippen LogP) is 1.48. The van der Waals surface area contributed by atoms with Crippen LogP contribution in [0.5, 0.6) is 0 Å². The van der Waals surface area contributed by atoms with Gasteiger partial charge in [-0.2, -0.15) is 0 Å². The molecule has 0 bridgehead atoms. The predicted molar refractivity (Wildman–Crippen MR) is 65.1 cm³/mol. The summed E-state index contributed by atoms with van der Waals surface area (Å²) in [5.74, 6) is -2.02. The Bertz CT molecular complexity index is 468. The zero-order valence-corrected chi connectivity index (χ0v) is 10.3. The van der Waals surface area contributed by atoms with Gasteiger partial charge >= 0.3 is 5.97 Å². The summed E-state index contributed by atoms with van der Waals surface area (Å²) in [6, 6.07) is 2.73. The average Bonchev–Trinajstić information content (AvgIpc) is 2.29. The molecule has 3 N–H and O–H groups in total. The van der Waals surface area contributed by atoms with E-state index in [0.29, 0.717) is 0 Å². The molecule has 0 saturated carbocycles. The van der Waals surface area contributed by atoms with Crippen molar-refractivity contribution >= 4 is 29.2 Å². The van der Waals surface area contributed by atoms with Gasteiger partial charge in [0.2, 0.25) is 5.91 Å². The molecule has 1 aromatic carbocycles. The molecule has 0 fully saturated rings. The van der Waals surface area contributed by atoms with E-state index in [9.17, 15) is 14.0 Å². The standard InChI is InChI=1S/C11H12ClFN2O3/c1-6(11(17)18)14-5-10(16)15-9-3-2-7(13)4-8(9)12/h2-4,6,14H,5H2,1H3,(H,15,16)(H,17,18)/t6-/m1/s1. The summed E-state index contributed by atoms with van der Waals surface area (Å²) < 4.78 is 12.8. The van der Waals surface area contributed by atoms with Gasteiger partial charge < -0.3 is 10.4 Å². The number of carboxylic acids is 1. The Morgan fingerprint density at radius 2 is 2.17 bits per heavy atom. The molecule has 1 rings (SSSR count). The maximum Gasteiger partial charge on any atom is 0.320 e. The average molecular weight is 275 g/mol. The van der Waals surface area contributed by atoms with Crippen molar-refractivity contribution in [2.45, 2.75) is 13.0 Å². The lowest BCUT2D eigenvalue weighted by Gasteiger charge is -2.10. The molecule has 5 nitrogen and oxygen atoms in total. The largest absolute Gasteiger partial charge is 0.480 e. The number of benzene rings is 1. The first-order valence-corrected chi connectivity index (χ1v) is 5.49. The van der Waals surface area contributed by atoms with Crippen molar-refractivity contribution in [1.82, 2.24) is 5.32 Å². The number of carbonyl (C=O) groups excluding carboxylic acids is 1. The number of aliphatic carboxylic acids is 1. The maximum absolute atomic E-state index is 12.8. The highest BCUT2D eigenvalue weighted by molar-refractivity contribution is 6.33. The molecule has 98 valence electrons. The van der Waals surface area contributed by atoms with E-state index in [0.717, 1.165) is 12.1 Å². The van der Waals surface area contributed by atoms with Gasteiger partial charge in [0.15, 0.2) is 0 Å². The third-order valence-electron chi connectivity index (χ3n) is 2.14. The first-order chi connectivity index (χ1) is 8.40. The molecule has 0 aromatic heterocycles. The van der Waals surface area contributed by atoms with Crippen molar-refractivity contribution < 1.29 is 19.1 Å². The summed E-state index contributed by atoms with van der Waals surface area (Å²) in [6.07, 6.45) is 0. The monoisotopic (exact) mass is 274 g/mol. The number of hydrogen-bond donors (Lipinski definition) is 3. The SMILES string of the molecule is C[C@@H](NCC(=O)Nc1ccc(F)cc1Cl)C(=O)O. The van der Waals surface area contributed by atoms with Crippen molar-refractivity contribution in [3.05, 3.63) is 29.0 Å². The Morgan fingerprint density at radius 1 is 1.50 bits per heavy atom. The van der Waals surface area contributed by atoms with Gasteiger partial charge in [-0.05, 0) is 25.1 Å². The fraction of sp³-hybridized carbons (Fsp3) is 0.273. The van der Waals surface area contributed by atoms with Crippen LogP contribution in [-0.4, -0.2) is 29.6 Å². The molecule has 1 amide bonds. The van der Waals surface area contributed by atoms with Gasteiger partial charge in [0.25, 0.3) is 0 Å². The van der Waals surface area contributed by atoms with E-state index in [1.54, 1.807) is 0 Å². The van der Waals surface area contributed by atoms with Gasteiger partial charge in [0.1, 0.15) is 11.9 Å². The van der Waals surface area contributed by atoms with Crippen LogP contribution in [0.15, 0.2) is 18.2 Å². The molecule has 7 heteroatoms. The van der Waals surface area contributed by atoms with Crippen molar-refractivity contribution in [1.29, 1.82) is 0 Å². The van der Waals surface area contributed by atoms with Gasteiger partial charge in [0.05, 0.1) is 17.3 Å². The smallest absolute Gasteiger partial charge is 0.320 e. The van der Waals surface area contributed by atoms with E-state index in [2.05, 4.69) is 10.6 Å². The minimum atomic E-state index is -1.05. The summed E-state index contributed by atoms with van der Waals surface area (Å²) >= 11 is 5.72. The molecule has 0 radical (unpaired) electrons. The second kappa shape index (κ2) is 6.32. The molecule has 0 aliphatic carbocycles. The Kier molecular flexibility index (Phi) is 5.06. The third kappa shape index (κ3) is 4.31. The fourth-order valence-corrected chi connectivity index (χ4v) is 1.33. The van der Waals surface area contributed by atoms with Crippen LogP contribution in [0, 0.1) is 5.82 Å². The number of nitrogens with one attached hydrogen (secondary N) is 2. The van der Waals surface area contributed by atoms with Gasteiger partial charge in [0, 0.05) is 0 Å². The Morgan fingerprint density at radius 3 is 2.72 bits per heavy atom. The van der Waals surface area contributed by atoms with Gasteiger partial charge in [-0.25, -0.2) is 4.39 Å². The van der Waals surface area contributed by atoms with Crippen molar-refractivity contribution in [2.75, 3.05) is 11.9 Å². The lowest BCUT2D eigenvalue weighted by atomic mass is 10.3. The molecule has 1 atom stereocenters. The van der Waals surface area contributed by atoms with Crippen LogP contribution >= 0.6 is 11.6 Å². The molecular formula is C11H12ClFN2O3. The molecule has 18 heavy (non-hydrogen) atoms. The molecule has 0 spiro atoms. The van der Waals surface area contributed by atoms with E-state index in [4.69, 9.17) is 16.7 Å². The summed E-state index contributed by atoms with van der Waals surface area (Å²) in [7, 11) is 0. The normalized spacial score (nSPS) is 11.9. The third-order valence-corrected chi connectivity index (χ3v) is 2.46. The number of hydrogen-bond acceptors (Lipinski definition) is 3. The lowest BCUT2D eigenvalue weighted by molar-refractivity contribution is -0.139. The highest BCUT2D eigenvalue weighted by Gasteiger charge is 2.12. The molecule has 0 unspecified atom stereocenters. The first kappa shape index (κ1) is 14.4. The second-order valence-electron chi connectivity index (χ2n) is 3.61. The van der Waals surface area contributed by atoms with Gasteiger partial charge in [-0.3, -0.25) is 14.9 Å². The second-order valence-corrected chi connectivity index (χ2v) is 4.02. The molecule has 1 aromatic rings. The lowest BCUT2D eigenvalue weighted by Crippen LogP contribution is -2.39. The number of amides is 1. The van der Waals surface area contributed by atoms with Crippen LogP contribution in [0.25, 0.3) is 0 Å². The van der Waals surface area contributed by atoms with E-state index in [1.807, 2.05) is 0 Å². The summed E-state index contributed by atoms with van der Waals surface area (Å²) in [5, 5.41) is 13.6. The highest BCUT2D eigenvalue weighted by Crippen LogP contribution is 2.22. The Hall–Kier alpha value is -1.66. The number of anilines is 1. The number of carboxylic acid groups (broad SMARTS) is 1. The highest BCUT2D eigenvalue weighted by atomic mass is 35.5. The van der Waals surface area contributed by atoms with Crippen molar-refractivity contribution in [3.63, 3.8) is 0 Å². The topological polar surface area (TPSA) is 78.4 Å². The summed E-state index contributed by atoms with van der Waals surface area (Å²) in [5.41, 5.74) is 0.271. The molecule has 0 heterocycles. The van der Waals surface area contributed by atoms with E-state index in [-0.39, 0.29) is 17.3 Å². The summed E-state index contributed by atoms with van der Waals surface area (Å²) in [6.45, 7) is 1.24. The van der Waals surface area contributed by atoms with Crippen LogP contribution in [0.4, 0.5) is 10.1 Å². The number of rotatable bonds is 5. The first-order valence-electron chi connectivity index (χ1n) is 5.11. The van der Waals surface area contributed by atoms with Crippen LogP contribution in [0.1, 0.15) is 6.92 Å². The molecule has 0 aliphatic rings. The van der Waals surface area contributed by atoms with E-state index in [1.165, 1.54) is 13.0 Å². The molecule has 0 saturated heterocycles. The maximum atomic E-state index is 12.8. The van der Waals surface area contributed by atoms with Crippen LogP contribution in [0.2, 0.25) is 5.02 Å². The zero-order chi connectivity index (χ0) is 13.7. The number of halogens is 2. The van der Waals surface area contributed by atoms with E-state index < -0.39 is 23.7 Å². The van der Waals surface area contributed by atoms with Crippen molar-refractivity contribution in [3.8, 4) is 0 Å².